The Morgan fingerprint density at radius 1 is 1.41 bits per heavy atom. The molecule has 0 aromatic heterocycles. The van der Waals surface area contributed by atoms with Crippen LogP contribution in [0.2, 0.25) is 0 Å². The number of nitriles is 1. The number of anilines is 1. The zero-order chi connectivity index (χ0) is 16.8. The summed E-state index contributed by atoms with van der Waals surface area (Å²) in [6, 6.07) is 6.43. The van der Waals surface area contributed by atoms with E-state index in [-0.39, 0.29) is 17.2 Å². The molecule has 0 heterocycles. The summed E-state index contributed by atoms with van der Waals surface area (Å²) in [7, 11) is 1.49. The second-order valence-corrected chi connectivity index (χ2v) is 5.06. The van der Waals surface area contributed by atoms with Crippen LogP contribution in [0, 0.1) is 11.3 Å². The normalized spacial score (nSPS) is 12.9. The Morgan fingerprint density at radius 3 is 2.59 bits per heavy atom. The molecule has 1 atom stereocenters. The van der Waals surface area contributed by atoms with Crippen molar-refractivity contribution in [2.75, 3.05) is 12.4 Å². The van der Waals surface area contributed by atoms with Gasteiger partial charge in [-0.25, -0.2) is 0 Å². The molecule has 118 valence electrons. The zero-order valence-electron chi connectivity index (χ0n) is 13.2. The molecule has 1 aromatic carbocycles. The molecular weight excluding hydrogens is 284 g/mol. The van der Waals surface area contributed by atoms with E-state index >= 15 is 0 Å². The molecule has 0 aliphatic heterocycles. The summed E-state index contributed by atoms with van der Waals surface area (Å²) < 4.78 is 10.2. The van der Waals surface area contributed by atoms with Crippen molar-refractivity contribution >= 4 is 17.6 Å². The molecule has 0 bridgehead atoms. The maximum atomic E-state index is 12.3. The van der Waals surface area contributed by atoms with E-state index < -0.39 is 11.6 Å². The van der Waals surface area contributed by atoms with Crippen molar-refractivity contribution in [1.82, 2.24) is 0 Å². The third kappa shape index (κ3) is 4.30. The van der Waals surface area contributed by atoms with Gasteiger partial charge in [-0.1, -0.05) is 13.3 Å². The van der Waals surface area contributed by atoms with Crippen LogP contribution in [0.15, 0.2) is 18.2 Å². The predicted molar refractivity (Wildman–Crippen MR) is 81.4 cm³/mol. The Bertz CT molecular complexity index is 607. The number of rotatable bonds is 6. The monoisotopic (exact) mass is 304 g/mol. The van der Waals surface area contributed by atoms with Crippen molar-refractivity contribution in [3.8, 4) is 11.8 Å². The molecule has 22 heavy (non-hydrogen) atoms. The summed E-state index contributed by atoms with van der Waals surface area (Å²) in [4.78, 5) is 23.3. The number of esters is 1. The minimum absolute atomic E-state index is 0.163. The first-order chi connectivity index (χ1) is 10.4. The Kier molecular flexibility index (Phi) is 6.08. The molecule has 1 aromatic rings. The lowest BCUT2D eigenvalue weighted by Crippen LogP contribution is -2.41. The van der Waals surface area contributed by atoms with E-state index in [0.29, 0.717) is 12.1 Å². The van der Waals surface area contributed by atoms with Gasteiger partial charge in [0, 0.05) is 19.7 Å². The molecule has 1 rings (SSSR count). The topological polar surface area (TPSA) is 88.4 Å². The number of nitrogens with one attached hydrogen (secondary N) is 1. The van der Waals surface area contributed by atoms with Crippen molar-refractivity contribution in [2.24, 2.45) is 0 Å². The molecule has 0 radical (unpaired) electrons. The first-order valence-corrected chi connectivity index (χ1v) is 6.95. The van der Waals surface area contributed by atoms with E-state index in [9.17, 15) is 9.59 Å². The Labute approximate surface area is 130 Å². The molecule has 1 N–H and O–H groups in total. The van der Waals surface area contributed by atoms with E-state index in [4.69, 9.17) is 14.7 Å². The van der Waals surface area contributed by atoms with Gasteiger partial charge in [0.25, 0.3) is 5.91 Å². The second-order valence-electron chi connectivity index (χ2n) is 5.06. The van der Waals surface area contributed by atoms with Gasteiger partial charge in [0.2, 0.25) is 0 Å². The lowest BCUT2D eigenvalue weighted by atomic mass is 9.99. The predicted octanol–water partition coefficient (Wildman–Crippen LogP) is 2.63. The van der Waals surface area contributed by atoms with Crippen molar-refractivity contribution in [3.63, 3.8) is 0 Å². The van der Waals surface area contributed by atoms with Crippen LogP contribution >= 0.6 is 0 Å². The van der Waals surface area contributed by atoms with Gasteiger partial charge in [0.1, 0.15) is 17.4 Å². The highest BCUT2D eigenvalue weighted by molar-refractivity contribution is 5.97. The summed E-state index contributed by atoms with van der Waals surface area (Å²) >= 11 is 0. The van der Waals surface area contributed by atoms with Gasteiger partial charge in [0.15, 0.2) is 0 Å². The van der Waals surface area contributed by atoms with Gasteiger partial charge >= 0.3 is 5.97 Å². The van der Waals surface area contributed by atoms with Gasteiger partial charge < -0.3 is 14.8 Å². The van der Waals surface area contributed by atoms with Crippen LogP contribution in [0.1, 0.15) is 39.2 Å². The van der Waals surface area contributed by atoms with Gasteiger partial charge in [-0.2, -0.15) is 5.26 Å². The average Bonchev–Trinajstić information content (AvgIpc) is 2.48. The highest BCUT2D eigenvalue weighted by Gasteiger charge is 2.32. The molecule has 0 saturated carbocycles. The third-order valence-corrected chi connectivity index (χ3v) is 3.27. The molecule has 0 fully saturated rings. The summed E-state index contributed by atoms with van der Waals surface area (Å²) in [5.41, 5.74) is -0.324. The van der Waals surface area contributed by atoms with Gasteiger partial charge in [-0.3, -0.25) is 9.59 Å². The number of nitrogens with zero attached hydrogens (tertiary/aromatic N) is 1. The fraction of sp³-hybridized carbons (Fsp3) is 0.438. The SMILES string of the molecule is CCC[C@@](C)(OC)C(=O)Nc1ccc(OC(C)=O)c(C#N)c1. The molecular formula is C16H20N2O4. The number of amides is 1. The average molecular weight is 304 g/mol. The molecule has 0 aliphatic rings. The fourth-order valence-corrected chi connectivity index (χ4v) is 1.99. The third-order valence-electron chi connectivity index (χ3n) is 3.27. The van der Waals surface area contributed by atoms with E-state index in [1.807, 2.05) is 13.0 Å². The highest BCUT2D eigenvalue weighted by Crippen LogP contribution is 2.24. The number of benzene rings is 1. The Hall–Kier alpha value is -2.39. The van der Waals surface area contributed by atoms with Crippen LogP contribution in [-0.4, -0.2) is 24.6 Å². The number of methoxy groups -OCH3 is 1. The van der Waals surface area contributed by atoms with Crippen LogP contribution in [0.25, 0.3) is 0 Å². The Morgan fingerprint density at radius 2 is 2.09 bits per heavy atom. The van der Waals surface area contributed by atoms with Crippen LogP contribution in [0.5, 0.6) is 5.75 Å². The minimum Gasteiger partial charge on any atom is -0.425 e. The summed E-state index contributed by atoms with van der Waals surface area (Å²) in [5, 5.41) is 11.8. The maximum Gasteiger partial charge on any atom is 0.308 e. The van der Waals surface area contributed by atoms with Gasteiger partial charge in [0.05, 0.1) is 5.56 Å². The first-order valence-electron chi connectivity index (χ1n) is 6.95. The summed E-state index contributed by atoms with van der Waals surface area (Å²) in [6.07, 6.45) is 1.37. The van der Waals surface area contributed by atoms with E-state index in [1.165, 1.54) is 26.2 Å². The van der Waals surface area contributed by atoms with Crippen LogP contribution in [0.4, 0.5) is 5.69 Å². The maximum absolute atomic E-state index is 12.3. The summed E-state index contributed by atoms with van der Waals surface area (Å²) in [5.74, 6) is -0.639. The number of hydrogen-bond donors (Lipinski definition) is 1. The first kappa shape index (κ1) is 17.7. The highest BCUT2D eigenvalue weighted by atomic mass is 16.5. The fourth-order valence-electron chi connectivity index (χ4n) is 1.99. The van der Waals surface area contributed by atoms with Crippen molar-refractivity contribution < 1.29 is 19.1 Å². The second kappa shape index (κ2) is 7.57. The number of carbonyl (C=O) groups is 2. The van der Waals surface area contributed by atoms with Crippen LogP contribution in [-0.2, 0) is 14.3 Å². The smallest absolute Gasteiger partial charge is 0.308 e. The van der Waals surface area contributed by atoms with Crippen molar-refractivity contribution in [1.29, 1.82) is 5.26 Å². The number of hydrogen-bond acceptors (Lipinski definition) is 5. The standard InChI is InChI=1S/C16H20N2O4/c1-5-8-16(3,21-4)15(20)18-13-6-7-14(22-11(2)19)12(9-13)10-17/h6-7,9H,5,8H2,1-4H3,(H,18,20)/t16-/m1/s1. The number of ether oxygens (including phenoxy) is 2. The van der Waals surface area contributed by atoms with Crippen molar-refractivity contribution in [2.45, 2.75) is 39.2 Å². The van der Waals surface area contributed by atoms with Crippen LogP contribution in [0.3, 0.4) is 0 Å². The van der Waals surface area contributed by atoms with Gasteiger partial charge in [-0.15, -0.1) is 0 Å². The summed E-state index contributed by atoms with van der Waals surface area (Å²) in [6.45, 7) is 4.93. The molecule has 0 saturated heterocycles. The molecule has 6 nitrogen and oxygen atoms in total. The molecule has 0 spiro atoms. The molecule has 6 heteroatoms. The lowest BCUT2D eigenvalue weighted by Gasteiger charge is -2.26. The number of carbonyl (C=O) groups excluding carboxylic acids is 2. The zero-order valence-corrected chi connectivity index (χ0v) is 13.2. The molecule has 0 aliphatic carbocycles. The van der Waals surface area contributed by atoms with Crippen LogP contribution < -0.4 is 10.1 Å². The van der Waals surface area contributed by atoms with Crippen molar-refractivity contribution in [3.05, 3.63) is 23.8 Å². The largest absolute Gasteiger partial charge is 0.425 e. The van der Waals surface area contributed by atoms with E-state index in [1.54, 1.807) is 13.0 Å². The van der Waals surface area contributed by atoms with Gasteiger partial charge in [-0.05, 0) is 31.5 Å². The minimum atomic E-state index is -0.934. The Balaban J connectivity index is 2.97. The molecule has 0 unspecified atom stereocenters. The molecule has 1 amide bonds. The lowest BCUT2D eigenvalue weighted by molar-refractivity contribution is -0.136. The van der Waals surface area contributed by atoms with E-state index in [0.717, 1.165) is 6.42 Å². The van der Waals surface area contributed by atoms with E-state index in [2.05, 4.69) is 5.32 Å². The quantitative estimate of drug-likeness (QED) is 0.644.